The number of hydrogen-bond acceptors (Lipinski definition) is 3. The van der Waals surface area contributed by atoms with Crippen LogP contribution in [0.3, 0.4) is 0 Å². The maximum Gasteiger partial charge on any atom is 0.261 e. The van der Waals surface area contributed by atoms with Crippen LogP contribution in [0.1, 0.15) is 25.0 Å². The van der Waals surface area contributed by atoms with Gasteiger partial charge in [-0.1, -0.05) is 30.3 Å². The zero-order valence-corrected chi connectivity index (χ0v) is 13.8. The monoisotopic (exact) mass is 313 g/mol. The molecule has 2 aromatic carbocycles. The molecule has 4 heteroatoms. The van der Waals surface area contributed by atoms with Gasteiger partial charge in [-0.2, -0.15) is 0 Å². The number of para-hydroxylation sites is 1. The van der Waals surface area contributed by atoms with Crippen LogP contribution in [0.25, 0.3) is 0 Å². The van der Waals surface area contributed by atoms with E-state index in [1.54, 1.807) is 6.92 Å². The summed E-state index contributed by atoms with van der Waals surface area (Å²) in [6, 6.07) is 15.3. The number of carbonyl (C=O) groups is 1. The molecule has 2 rings (SSSR count). The molecule has 0 unspecified atom stereocenters. The molecule has 0 aliphatic rings. The van der Waals surface area contributed by atoms with Gasteiger partial charge in [-0.15, -0.1) is 0 Å². The Bertz CT molecular complexity index is 655. The Morgan fingerprint density at radius 1 is 1.17 bits per heavy atom. The van der Waals surface area contributed by atoms with Crippen molar-refractivity contribution in [2.24, 2.45) is 0 Å². The van der Waals surface area contributed by atoms with E-state index in [2.05, 4.69) is 5.32 Å². The van der Waals surface area contributed by atoms with Crippen molar-refractivity contribution < 1.29 is 14.3 Å². The molecule has 0 fully saturated rings. The van der Waals surface area contributed by atoms with Gasteiger partial charge >= 0.3 is 0 Å². The van der Waals surface area contributed by atoms with Crippen LogP contribution < -0.4 is 14.8 Å². The Labute approximate surface area is 137 Å². The first-order chi connectivity index (χ1) is 11.1. The molecular formula is C19H23NO3. The van der Waals surface area contributed by atoms with E-state index < -0.39 is 6.10 Å². The second kappa shape index (κ2) is 8.22. The summed E-state index contributed by atoms with van der Waals surface area (Å²) >= 11 is 0. The Morgan fingerprint density at radius 2 is 1.96 bits per heavy atom. The van der Waals surface area contributed by atoms with Crippen molar-refractivity contribution in [3.8, 4) is 11.5 Å². The number of benzene rings is 2. The Kier molecular flexibility index (Phi) is 6.03. The van der Waals surface area contributed by atoms with Crippen molar-refractivity contribution in [2.45, 2.75) is 33.4 Å². The van der Waals surface area contributed by atoms with Crippen LogP contribution in [0.15, 0.2) is 48.5 Å². The van der Waals surface area contributed by atoms with Crippen LogP contribution in [-0.4, -0.2) is 18.6 Å². The lowest BCUT2D eigenvalue weighted by atomic mass is 10.2. The molecule has 4 nitrogen and oxygen atoms in total. The first kappa shape index (κ1) is 16.9. The first-order valence-corrected chi connectivity index (χ1v) is 7.82. The Hall–Kier alpha value is -2.49. The molecule has 1 N–H and O–H groups in total. The fraction of sp³-hybridized carbons (Fsp3) is 0.316. The quantitative estimate of drug-likeness (QED) is 0.851. The first-order valence-electron chi connectivity index (χ1n) is 7.82. The number of ether oxygens (including phenoxy) is 2. The maximum absolute atomic E-state index is 12.2. The van der Waals surface area contributed by atoms with E-state index in [-0.39, 0.29) is 5.91 Å². The van der Waals surface area contributed by atoms with Crippen molar-refractivity contribution in [1.82, 2.24) is 5.32 Å². The molecule has 0 bridgehead atoms. The normalized spacial score (nSPS) is 11.6. The summed E-state index contributed by atoms with van der Waals surface area (Å²) in [6.45, 7) is 6.68. The molecule has 0 saturated carbocycles. The summed E-state index contributed by atoms with van der Waals surface area (Å²) in [7, 11) is 0. The molecule has 0 spiro atoms. The van der Waals surface area contributed by atoms with E-state index in [4.69, 9.17) is 9.47 Å². The molecule has 0 aliphatic heterocycles. The largest absolute Gasteiger partial charge is 0.494 e. The van der Waals surface area contributed by atoms with Crippen LogP contribution in [0.5, 0.6) is 11.5 Å². The lowest BCUT2D eigenvalue weighted by Gasteiger charge is -2.16. The van der Waals surface area contributed by atoms with Crippen LogP contribution in [0, 0.1) is 6.92 Å². The lowest BCUT2D eigenvalue weighted by molar-refractivity contribution is -0.127. The standard InChI is InChI=1S/C19H23NO3/c1-4-22-18-11-6-5-9-16(18)13-20-19(21)15(3)23-17-10-7-8-14(2)12-17/h5-12,15H,4,13H2,1-3H3,(H,20,21)/t15-/m0/s1. The Balaban J connectivity index is 1.91. The van der Waals surface area contributed by atoms with Crippen molar-refractivity contribution in [1.29, 1.82) is 0 Å². The van der Waals surface area contributed by atoms with Gasteiger partial charge in [0, 0.05) is 12.1 Å². The van der Waals surface area contributed by atoms with Crippen LogP contribution in [0.2, 0.25) is 0 Å². The maximum atomic E-state index is 12.2. The van der Waals surface area contributed by atoms with Crippen LogP contribution in [0.4, 0.5) is 0 Å². The van der Waals surface area contributed by atoms with Crippen LogP contribution >= 0.6 is 0 Å². The molecule has 122 valence electrons. The third-order valence-corrected chi connectivity index (χ3v) is 3.40. The lowest BCUT2D eigenvalue weighted by Crippen LogP contribution is -2.36. The Morgan fingerprint density at radius 3 is 2.70 bits per heavy atom. The second-order valence-electron chi connectivity index (χ2n) is 5.34. The van der Waals surface area contributed by atoms with Gasteiger partial charge in [0.1, 0.15) is 11.5 Å². The fourth-order valence-electron chi connectivity index (χ4n) is 2.22. The highest BCUT2D eigenvalue weighted by Gasteiger charge is 2.15. The van der Waals surface area contributed by atoms with Crippen molar-refractivity contribution >= 4 is 5.91 Å². The number of rotatable bonds is 7. The summed E-state index contributed by atoms with van der Waals surface area (Å²) < 4.78 is 11.2. The molecule has 1 amide bonds. The van der Waals surface area contributed by atoms with Gasteiger partial charge in [0.05, 0.1) is 6.61 Å². The van der Waals surface area contributed by atoms with Crippen LogP contribution in [-0.2, 0) is 11.3 Å². The van der Waals surface area contributed by atoms with E-state index in [1.165, 1.54) is 0 Å². The second-order valence-corrected chi connectivity index (χ2v) is 5.34. The number of nitrogens with one attached hydrogen (secondary N) is 1. The zero-order chi connectivity index (χ0) is 16.7. The molecule has 23 heavy (non-hydrogen) atoms. The fourth-order valence-corrected chi connectivity index (χ4v) is 2.22. The van der Waals surface area contributed by atoms with E-state index in [9.17, 15) is 4.79 Å². The van der Waals surface area contributed by atoms with Gasteiger partial charge in [0.15, 0.2) is 6.10 Å². The summed E-state index contributed by atoms with van der Waals surface area (Å²) in [4.78, 5) is 12.2. The van der Waals surface area contributed by atoms with Crippen molar-refractivity contribution in [3.63, 3.8) is 0 Å². The summed E-state index contributed by atoms with van der Waals surface area (Å²) in [5.74, 6) is 1.34. The van der Waals surface area contributed by atoms with E-state index in [0.29, 0.717) is 18.9 Å². The van der Waals surface area contributed by atoms with Gasteiger partial charge in [-0.05, 0) is 44.5 Å². The molecule has 0 radical (unpaired) electrons. The SMILES string of the molecule is CCOc1ccccc1CNC(=O)[C@H](C)Oc1cccc(C)c1. The van der Waals surface area contributed by atoms with Gasteiger partial charge < -0.3 is 14.8 Å². The smallest absolute Gasteiger partial charge is 0.261 e. The topological polar surface area (TPSA) is 47.6 Å². The average molecular weight is 313 g/mol. The summed E-state index contributed by atoms with van der Waals surface area (Å²) in [6.07, 6.45) is -0.559. The van der Waals surface area contributed by atoms with E-state index in [1.807, 2.05) is 62.4 Å². The molecule has 0 aromatic heterocycles. The molecule has 0 heterocycles. The van der Waals surface area contributed by atoms with Crippen molar-refractivity contribution in [2.75, 3.05) is 6.61 Å². The molecule has 0 saturated heterocycles. The minimum absolute atomic E-state index is 0.155. The van der Waals surface area contributed by atoms with Gasteiger partial charge in [0.25, 0.3) is 5.91 Å². The molecular weight excluding hydrogens is 290 g/mol. The van der Waals surface area contributed by atoms with Gasteiger partial charge in [-0.25, -0.2) is 0 Å². The number of amides is 1. The highest BCUT2D eigenvalue weighted by atomic mass is 16.5. The van der Waals surface area contributed by atoms with E-state index in [0.717, 1.165) is 16.9 Å². The number of carbonyl (C=O) groups excluding carboxylic acids is 1. The predicted molar refractivity (Wildman–Crippen MR) is 90.7 cm³/mol. The highest BCUT2D eigenvalue weighted by molar-refractivity contribution is 5.80. The van der Waals surface area contributed by atoms with Gasteiger partial charge in [-0.3, -0.25) is 4.79 Å². The van der Waals surface area contributed by atoms with Gasteiger partial charge in [0.2, 0.25) is 0 Å². The highest BCUT2D eigenvalue weighted by Crippen LogP contribution is 2.18. The molecule has 2 aromatic rings. The third kappa shape index (κ3) is 5.02. The zero-order valence-electron chi connectivity index (χ0n) is 13.8. The number of hydrogen-bond donors (Lipinski definition) is 1. The van der Waals surface area contributed by atoms with Crippen molar-refractivity contribution in [3.05, 3.63) is 59.7 Å². The molecule has 1 atom stereocenters. The summed E-state index contributed by atoms with van der Waals surface area (Å²) in [5, 5.41) is 2.89. The molecule has 0 aliphatic carbocycles. The van der Waals surface area contributed by atoms with E-state index >= 15 is 0 Å². The average Bonchev–Trinajstić information content (AvgIpc) is 2.54. The minimum atomic E-state index is -0.559. The predicted octanol–water partition coefficient (Wildman–Crippen LogP) is 3.48. The summed E-state index contributed by atoms with van der Waals surface area (Å²) in [5.41, 5.74) is 2.05. The number of aryl methyl sites for hydroxylation is 1. The third-order valence-electron chi connectivity index (χ3n) is 3.40. The minimum Gasteiger partial charge on any atom is -0.494 e.